The van der Waals surface area contributed by atoms with E-state index in [1.165, 1.54) is 0 Å². The highest BCUT2D eigenvalue weighted by Gasteiger charge is 2.14. The van der Waals surface area contributed by atoms with E-state index in [9.17, 15) is 0 Å². The number of hydrogen-bond acceptors (Lipinski definition) is 2. The molecule has 0 bridgehead atoms. The topological polar surface area (TPSA) is 36.2 Å². The summed E-state index contributed by atoms with van der Waals surface area (Å²) in [5.41, 5.74) is 3.28. The zero-order valence-corrected chi connectivity index (χ0v) is 6.83. The van der Waals surface area contributed by atoms with Gasteiger partial charge in [0.25, 0.3) is 0 Å². The van der Waals surface area contributed by atoms with Gasteiger partial charge in [0.05, 0.1) is 5.69 Å². The van der Waals surface area contributed by atoms with Crippen molar-refractivity contribution in [2.24, 2.45) is 4.99 Å². The molecule has 1 N–H and O–H groups in total. The third-order valence-corrected chi connectivity index (χ3v) is 1.84. The highest BCUT2D eigenvalue weighted by molar-refractivity contribution is 7.01. The first kappa shape index (κ1) is 7.28. The fraction of sp³-hybridized carbons (Fsp3) is 0.111. The fourth-order valence-electron chi connectivity index (χ4n) is 1.31. The summed E-state index contributed by atoms with van der Waals surface area (Å²) in [4.78, 5) is 4.32. The van der Waals surface area contributed by atoms with Crippen LogP contribution < -0.4 is 0 Å². The van der Waals surface area contributed by atoms with Crippen LogP contribution in [0, 0.1) is 5.41 Å². The molecule has 12 heavy (non-hydrogen) atoms. The van der Waals surface area contributed by atoms with E-state index >= 15 is 0 Å². The monoisotopic (exact) mass is 155 g/mol. The van der Waals surface area contributed by atoms with E-state index in [1.807, 2.05) is 31.2 Å². The molecule has 0 amide bonds. The Morgan fingerprint density at radius 3 is 2.92 bits per heavy atom. The van der Waals surface area contributed by atoms with Gasteiger partial charge in [-0.1, -0.05) is 18.2 Å². The molecule has 0 fully saturated rings. The molecule has 57 valence electrons. The van der Waals surface area contributed by atoms with Crippen molar-refractivity contribution in [2.45, 2.75) is 6.92 Å². The highest BCUT2D eigenvalue weighted by atomic mass is 14.7. The van der Waals surface area contributed by atoms with E-state index in [-0.39, 0.29) is 0 Å². The van der Waals surface area contributed by atoms with Crippen molar-refractivity contribution in [3.63, 3.8) is 0 Å². The van der Waals surface area contributed by atoms with E-state index in [1.54, 1.807) is 7.28 Å². The SMILES string of the molecule is CC1=Nc2ccccc2C(=N)[B]1. The number of fused-ring (bicyclic) bond motifs is 1. The first-order valence-electron chi connectivity index (χ1n) is 3.85. The van der Waals surface area contributed by atoms with Crippen LogP contribution in [-0.4, -0.2) is 18.5 Å². The molecule has 1 aromatic carbocycles. The number of aliphatic imine (C=N–C) groups is 1. The Morgan fingerprint density at radius 1 is 1.33 bits per heavy atom. The van der Waals surface area contributed by atoms with Crippen LogP contribution in [0.4, 0.5) is 5.69 Å². The summed E-state index contributed by atoms with van der Waals surface area (Å²) in [5, 5.41) is 7.66. The summed E-state index contributed by atoms with van der Waals surface area (Å²) in [7, 11) is 1.78. The normalized spacial score (nSPS) is 14.8. The van der Waals surface area contributed by atoms with Crippen LogP contribution in [0.3, 0.4) is 0 Å². The molecule has 0 atom stereocenters. The molecule has 1 aliphatic heterocycles. The van der Waals surface area contributed by atoms with Crippen molar-refractivity contribution < 1.29 is 0 Å². The Hall–Kier alpha value is -1.38. The highest BCUT2D eigenvalue weighted by Crippen LogP contribution is 2.21. The molecule has 3 heteroatoms. The zero-order valence-electron chi connectivity index (χ0n) is 6.83. The predicted molar refractivity (Wildman–Crippen MR) is 51.8 cm³/mol. The number of para-hydroxylation sites is 1. The largest absolute Gasteiger partial charge is 0.315 e. The number of nitrogens with zero attached hydrogens (tertiary/aromatic N) is 1. The second kappa shape index (κ2) is 2.59. The van der Waals surface area contributed by atoms with Gasteiger partial charge < -0.3 is 5.41 Å². The van der Waals surface area contributed by atoms with Crippen LogP contribution in [0.5, 0.6) is 0 Å². The minimum Gasteiger partial charge on any atom is -0.315 e. The summed E-state index contributed by atoms with van der Waals surface area (Å²) >= 11 is 0. The van der Waals surface area contributed by atoms with Gasteiger partial charge in [-0.15, -0.1) is 0 Å². The Morgan fingerprint density at radius 2 is 2.08 bits per heavy atom. The molecule has 1 heterocycles. The molecular weight excluding hydrogens is 147 g/mol. The summed E-state index contributed by atoms with van der Waals surface area (Å²) in [6.07, 6.45) is 0. The van der Waals surface area contributed by atoms with Crippen LogP contribution >= 0.6 is 0 Å². The van der Waals surface area contributed by atoms with Gasteiger partial charge in [0.2, 0.25) is 7.28 Å². The van der Waals surface area contributed by atoms with Crippen molar-refractivity contribution in [3.05, 3.63) is 29.8 Å². The molecule has 0 aliphatic carbocycles. The third kappa shape index (κ3) is 1.07. The Labute approximate surface area is 72.1 Å². The molecule has 2 nitrogen and oxygen atoms in total. The average Bonchev–Trinajstić information content (AvgIpc) is 2.04. The first-order valence-corrected chi connectivity index (χ1v) is 3.85. The smallest absolute Gasteiger partial charge is 0.236 e. The van der Waals surface area contributed by atoms with Crippen LogP contribution in [0.15, 0.2) is 29.3 Å². The molecule has 0 aromatic heterocycles. The first-order chi connectivity index (χ1) is 5.77. The Kier molecular flexibility index (Phi) is 1.57. The molecule has 0 saturated heterocycles. The molecule has 1 radical (unpaired) electrons. The van der Waals surface area contributed by atoms with Gasteiger partial charge in [-0.25, -0.2) is 0 Å². The summed E-state index contributed by atoms with van der Waals surface area (Å²) < 4.78 is 0. The second-order valence-corrected chi connectivity index (χ2v) is 2.83. The molecule has 1 aliphatic rings. The quantitative estimate of drug-likeness (QED) is 0.554. The number of hydrogen-bond donors (Lipinski definition) is 1. The third-order valence-electron chi connectivity index (χ3n) is 1.84. The minimum atomic E-state index is 0.554. The molecule has 2 rings (SSSR count). The van der Waals surface area contributed by atoms with E-state index in [0.717, 1.165) is 16.9 Å². The van der Waals surface area contributed by atoms with Crippen molar-refractivity contribution in [1.82, 2.24) is 0 Å². The lowest BCUT2D eigenvalue weighted by atomic mass is 9.63. The lowest BCUT2D eigenvalue weighted by Gasteiger charge is -2.12. The maximum Gasteiger partial charge on any atom is 0.236 e. The minimum absolute atomic E-state index is 0.554. The number of rotatable bonds is 0. The van der Waals surface area contributed by atoms with Gasteiger partial charge in [0.1, 0.15) is 0 Å². The van der Waals surface area contributed by atoms with Crippen LogP contribution in [0.2, 0.25) is 0 Å². The number of benzene rings is 1. The lowest BCUT2D eigenvalue weighted by Crippen LogP contribution is -2.21. The van der Waals surface area contributed by atoms with Crippen molar-refractivity contribution >= 4 is 24.2 Å². The van der Waals surface area contributed by atoms with Crippen molar-refractivity contribution in [1.29, 1.82) is 5.41 Å². The summed E-state index contributed by atoms with van der Waals surface area (Å²) in [5.74, 6) is 0. The summed E-state index contributed by atoms with van der Waals surface area (Å²) in [6, 6.07) is 7.72. The fourth-order valence-corrected chi connectivity index (χ4v) is 1.31. The standard InChI is InChI=1S/C9H8BN2/c1-6-10-9(11)7-4-2-3-5-8(7)12-6/h2-5,11H,1H3. The van der Waals surface area contributed by atoms with E-state index in [4.69, 9.17) is 5.41 Å². The van der Waals surface area contributed by atoms with Crippen molar-refractivity contribution in [3.8, 4) is 0 Å². The van der Waals surface area contributed by atoms with Gasteiger partial charge in [0, 0.05) is 11.2 Å². The van der Waals surface area contributed by atoms with E-state index in [2.05, 4.69) is 4.99 Å². The number of nitrogens with one attached hydrogen (secondary N) is 1. The van der Waals surface area contributed by atoms with E-state index in [0.29, 0.717) is 5.61 Å². The second-order valence-electron chi connectivity index (χ2n) is 2.83. The van der Waals surface area contributed by atoms with Crippen LogP contribution in [0.1, 0.15) is 12.5 Å². The van der Waals surface area contributed by atoms with Crippen LogP contribution in [0.25, 0.3) is 0 Å². The van der Waals surface area contributed by atoms with Gasteiger partial charge in [-0.05, 0) is 18.6 Å². The van der Waals surface area contributed by atoms with Gasteiger partial charge in [0.15, 0.2) is 0 Å². The zero-order chi connectivity index (χ0) is 8.55. The van der Waals surface area contributed by atoms with Gasteiger partial charge in [-0.3, -0.25) is 4.99 Å². The van der Waals surface area contributed by atoms with Crippen LogP contribution in [-0.2, 0) is 0 Å². The molecule has 1 aromatic rings. The molecule has 0 unspecified atom stereocenters. The maximum atomic E-state index is 7.66. The molecular formula is C9H8BN2. The predicted octanol–water partition coefficient (Wildman–Crippen LogP) is 1.78. The van der Waals surface area contributed by atoms with Gasteiger partial charge >= 0.3 is 0 Å². The Balaban J connectivity index is 2.62. The van der Waals surface area contributed by atoms with E-state index < -0.39 is 0 Å². The molecule has 0 spiro atoms. The summed E-state index contributed by atoms with van der Waals surface area (Å²) in [6.45, 7) is 1.91. The van der Waals surface area contributed by atoms with Gasteiger partial charge in [-0.2, -0.15) is 0 Å². The maximum absolute atomic E-state index is 7.66. The lowest BCUT2D eigenvalue weighted by molar-refractivity contribution is 1.45. The average molecular weight is 155 g/mol. The molecule has 0 saturated carbocycles. The van der Waals surface area contributed by atoms with Crippen molar-refractivity contribution in [2.75, 3.05) is 0 Å². The Bertz CT molecular complexity index is 369.